The molecule has 0 aromatic carbocycles. The van der Waals surface area contributed by atoms with E-state index >= 15 is 0 Å². The van der Waals surface area contributed by atoms with Gasteiger partial charge in [0.2, 0.25) is 5.91 Å². The summed E-state index contributed by atoms with van der Waals surface area (Å²) in [6, 6.07) is 0.123. The van der Waals surface area contributed by atoms with Gasteiger partial charge in [-0.3, -0.25) is 4.79 Å². The van der Waals surface area contributed by atoms with E-state index in [1.54, 1.807) is 7.11 Å². The monoisotopic (exact) mass is 175 g/mol. The van der Waals surface area contributed by atoms with Crippen molar-refractivity contribution in [2.45, 2.75) is 40.2 Å². The van der Waals surface area contributed by atoms with Crippen LogP contribution in [0.1, 0.15) is 34.1 Å². The average Bonchev–Trinajstić information content (AvgIpc) is 2.08. The molecule has 0 radical (unpaired) electrons. The fraction of sp³-hybridized carbons (Fsp3) is 0.889. The quantitative estimate of drug-likeness (QED) is 0.704. The molecule has 0 fully saturated rings. The normalized spacial score (nSPS) is 11.1. The first kappa shape index (κ1) is 14.0. The first-order valence-corrected chi connectivity index (χ1v) is 4.49. The molecule has 0 saturated carbocycles. The molecular formula is C9H21NO2. The van der Waals surface area contributed by atoms with Gasteiger partial charge in [0.25, 0.3) is 0 Å². The zero-order valence-electron chi connectivity index (χ0n) is 8.81. The lowest BCUT2D eigenvalue weighted by atomic mass is 10.3. The van der Waals surface area contributed by atoms with E-state index < -0.39 is 0 Å². The van der Waals surface area contributed by atoms with Crippen LogP contribution in [0.15, 0.2) is 0 Å². The van der Waals surface area contributed by atoms with Crippen molar-refractivity contribution in [3.8, 4) is 0 Å². The molecular weight excluding hydrogens is 154 g/mol. The van der Waals surface area contributed by atoms with Crippen LogP contribution < -0.4 is 5.32 Å². The summed E-state index contributed by atoms with van der Waals surface area (Å²) < 4.78 is 4.83. The Hall–Kier alpha value is -0.570. The van der Waals surface area contributed by atoms with Crippen LogP contribution in [0.2, 0.25) is 0 Å². The minimum Gasteiger partial charge on any atom is -0.383 e. The number of methoxy groups -OCH3 is 1. The maximum atomic E-state index is 10.7. The van der Waals surface area contributed by atoms with Crippen molar-refractivity contribution in [1.82, 2.24) is 5.32 Å². The summed E-state index contributed by atoms with van der Waals surface area (Å²) in [5.41, 5.74) is 0. The van der Waals surface area contributed by atoms with Crippen LogP contribution in [0, 0.1) is 0 Å². The molecule has 12 heavy (non-hydrogen) atoms. The average molecular weight is 175 g/mol. The van der Waals surface area contributed by atoms with Crippen LogP contribution in [0.5, 0.6) is 0 Å². The molecule has 3 heteroatoms. The van der Waals surface area contributed by atoms with E-state index in [-0.39, 0.29) is 11.9 Å². The number of hydrogen-bond acceptors (Lipinski definition) is 2. The van der Waals surface area contributed by atoms with Crippen LogP contribution in [0.4, 0.5) is 0 Å². The predicted octanol–water partition coefficient (Wildman–Crippen LogP) is 1.57. The zero-order valence-corrected chi connectivity index (χ0v) is 8.81. The Morgan fingerprint density at radius 2 is 2.00 bits per heavy atom. The molecule has 1 atom stereocenters. The molecule has 0 saturated heterocycles. The lowest BCUT2D eigenvalue weighted by Crippen LogP contribution is -2.34. The summed E-state index contributed by atoms with van der Waals surface area (Å²) in [5.74, 6) is 0.0737. The second-order valence-corrected chi connectivity index (χ2v) is 2.28. The van der Waals surface area contributed by atoms with Gasteiger partial charge in [-0.05, 0) is 6.92 Å². The highest BCUT2D eigenvalue weighted by Gasteiger charge is 2.02. The highest BCUT2D eigenvalue weighted by Crippen LogP contribution is 1.83. The van der Waals surface area contributed by atoms with Crippen molar-refractivity contribution in [1.29, 1.82) is 0 Å². The van der Waals surface area contributed by atoms with E-state index in [4.69, 9.17) is 4.74 Å². The van der Waals surface area contributed by atoms with Crippen molar-refractivity contribution in [3.63, 3.8) is 0 Å². The summed E-state index contributed by atoms with van der Waals surface area (Å²) in [5, 5.41) is 2.77. The van der Waals surface area contributed by atoms with Gasteiger partial charge >= 0.3 is 0 Å². The molecule has 1 amide bonds. The number of carbonyl (C=O) groups is 1. The highest BCUT2D eigenvalue weighted by molar-refractivity contribution is 5.75. The van der Waals surface area contributed by atoms with Gasteiger partial charge in [-0.1, -0.05) is 20.8 Å². The molecule has 74 valence electrons. The van der Waals surface area contributed by atoms with Gasteiger partial charge in [-0.15, -0.1) is 0 Å². The molecule has 0 aliphatic rings. The van der Waals surface area contributed by atoms with Crippen LogP contribution >= 0.6 is 0 Å². The Bertz CT molecular complexity index is 105. The fourth-order valence-corrected chi connectivity index (χ4v) is 0.669. The van der Waals surface area contributed by atoms with Gasteiger partial charge in [0.05, 0.1) is 6.61 Å². The number of nitrogens with one attached hydrogen (secondary N) is 1. The Morgan fingerprint density at radius 3 is 2.33 bits per heavy atom. The first-order chi connectivity index (χ1) is 5.70. The molecule has 0 rings (SSSR count). The summed E-state index contributed by atoms with van der Waals surface area (Å²) in [7, 11) is 1.62. The summed E-state index contributed by atoms with van der Waals surface area (Å²) >= 11 is 0. The third-order valence-electron chi connectivity index (χ3n) is 1.15. The molecule has 0 spiro atoms. The van der Waals surface area contributed by atoms with E-state index in [9.17, 15) is 4.79 Å². The maximum Gasteiger partial charge on any atom is 0.220 e. The molecule has 0 bridgehead atoms. The predicted molar refractivity (Wildman–Crippen MR) is 51.1 cm³/mol. The third kappa shape index (κ3) is 9.43. The molecule has 0 aliphatic heterocycles. The highest BCUT2D eigenvalue weighted by atomic mass is 16.5. The summed E-state index contributed by atoms with van der Waals surface area (Å²) in [6.45, 7) is 8.32. The second-order valence-electron chi connectivity index (χ2n) is 2.28. The van der Waals surface area contributed by atoms with Crippen molar-refractivity contribution in [3.05, 3.63) is 0 Å². The van der Waals surface area contributed by atoms with Crippen molar-refractivity contribution >= 4 is 5.91 Å². The zero-order chi connectivity index (χ0) is 9.98. The molecule has 0 aromatic rings. The number of carbonyl (C=O) groups excluding carboxylic acids is 1. The number of rotatable bonds is 4. The number of ether oxygens (including phenoxy) is 1. The Balaban J connectivity index is 0. The summed E-state index contributed by atoms with van der Waals surface area (Å²) in [4.78, 5) is 10.7. The summed E-state index contributed by atoms with van der Waals surface area (Å²) in [6.07, 6.45) is 0.536. The van der Waals surface area contributed by atoms with Crippen molar-refractivity contribution < 1.29 is 9.53 Å². The van der Waals surface area contributed by atoms with Crippen molar-refractivity contribution in [2.75, 3.05) is 13.7 Å². The minimum atomic E-state index is 0.0737. The lowest BCUT2D eigenvalue weighted by Gasteiger charge is -2.10. The fourth-order valence-electron chi connectivity index (χ4n) is 0.669. The van der Waals surface area contributed by atoms with Crippen LogP contribution in [-0.4, -0.2) is 25.7 Å². The minimum absolute atomic E-state index is 0.0737. The molecule has 3 nitrogen and oxygen atoms in total. The van der Waals surface area contributed by atoms with E-state index in [0.29, 0.717) is 13.0 Å². The Labute approximate surface area is 75.5 Å². The van der Waals surface area contributed by atoms with E-state index in [0.717, 1.165) is 0 Å². The van der Waals surface area contributed by atoms with Gasteiger partial charge in [0.15, 0.2) is 0 Å². The standard InChI is InChI=1S/C7H15NO2.C2H6/c1-4-7(9)8-6(2)5-10-3;1-2/h6H,4-5H2,1-3H3,(H,8,9);1-2H3. The van der Waals surface area contributed by atoms with Gasteiger partial charge in [-0.2, -0.15) is 0 Å². The van der Waals surface area contributed by atoms with Gasteiger partial charge in [-0.25, -0.2) is 0 Å². The molecule has 0 aromatic heterocycles. The smallest absolute Gasteiger partial charge is 0.220 e. The third-order valence-corrected chi connectivity index (χ3v) is 1.15. The van der Waals surface area contributed by atoms with Crippen LogP contribution in [0.25, 0.3) is 0 Å². The van der Waals surface area contributed by atoms with Crippen molar-refractivity contribution in [2.24, 2.45) is 0 Å². The van der Waals surface area contributed by atoms with Gasteiger partial charge < -0.3 is 10.1 Å². The molecule has 0 aliphatic carbocycles. The van der Waals surface area contributed by atoms with Crippen LogP contribution in [-0.2, 0) is 9.53 Å². The molecule has 1 N–H and O–H groups in total. The van der Waals surface area contributed by atoms with E-state index in [1.165, 1.54) is 0 Å². The van der Waals surface area contributed by atoms with Gasteiger partial charge in [0.1, 0.15) is 0 Å². The lowest BCUT2D eigenvalue weighted by molar-refractivity contribution is -0.121. The Kier molecular flexibility index (Phi) is 12.2. The second kappa shape index (κ2) is 10.4. The van der Waals surface area contributed by atoms with E-state index in [2.05, 4.69) is 5.32 Å². The topological polar surface area (TPSA) is 38.3 Å². The van der Waals surface area contributed by atoms with E-state index in [1.807, 2.05) is 27.7 Å². The Morgan fingerprint density at radius 1 is 1.50 bits per heavy atom. The SMILES string of the molecule is CC.CCC(=O)NC(C)COC. The first-order valence-electron chi connectivity index (χ1n) is 4.49. The molecule has 1 unspecified atom stereocenters. The van der Waals surface area contributed by atoms with Gasteiger partial charge in [0, 0.05) is 19.6 Å². The van der Waals surface area contributed by atoms with Crippen LogP contribution in [0.3, 0.4) is 0 Å². The largest absolute Gasteiger partial charge is 0.383 e. The number of hydrogen-bond donors (Lipinski definition) is 1. The molecule has 0 heterocycles. The maximum absolute atomic E-state index is 10.7. The number of amides is 1.